The average Bonchev–Trinajstić information content (AvgIpc) is 2.82. The van der Waals surface area contributed by atoms with Gasteiger partial charge in [-0.2, -0.15) is 0 Å². The summed E-state index contributed by atoms with van der Waals surface area (Å²) >= 11 is 0. The molecule has 1 amide bonds. The maximum atomic E-state index is 12.3. The van der Waals surface area contributed by atoms with Crippen LogP contribution in [0.5, 0.6) is 0 Å². The summed E-state index contributed by atoms with van der Waals surface area (Å²) in [5, 5.41) is 3.81. The summed E-state index contributed by atoms with van der Waals surface area (Å²) < 4.78 is 11.5. The molecular weight excluding hydrogens is 348 g/mol. The van der Waals surface area contributed by atoms with Crippen molar-refractivity contribution < 1.29 is 14.1 Å². The highest BCUT2D eigenvalue weighted by atomic mass is 16.6. The maximum Gasteiger partial charge on any atom is 0.441 e. The molecule has 0 N–H and O–H groups in total. The SMILES string of the molecule is Cn1c(-c2ccc(N3CCCN(C(=O)OC(C)(C)C)CC3)cc2)noc1=O. The number of carbonyl (C=O) groups excluding carboxylic acids is 1. The fraction of sp³-hybridized carbons (Fsp3) is 0.526. The number of nitrogens with zero attached hydrogens (tertiary/aromatic N) is 4. The number of carbonyl (C=O) groups is 1. The molecule has 8 heteroatoms. The average molecular weight is 374 g/mol. The minimum Gasteiger partial charge on any atom is -0.444 e. The molecule has 0 spiro atoms. The van der Waals surface area contributed by atoms with Crippen LogP contribution in [0, 0.1) is 0 Å². The lowest BCUT2D eigenvalue weighted by atomic mass is 10.2. The molecule has 1 aliphatic rings. The first-order valence-corrected chi connectivity index (χ1v) is 9.10. The number of hydrogen-bond donors (Lipinski definition) is 0. The van der Waals surface area contributed by atoms with Gasteiger partial charge >= 0.3 is 11.8 Å². The van der Waals surface area contributed by atoms with Crippen molar-refractivity contribution in [2.75, 3.05) is 31.1 Å². The van der Waals surface area contributed by atoms with Crippen LogP contribution in [0.3, 0.4) is 0 Å². The lowest BCUT2D eigenvalue weighted by Crippen LogP contribution is -2.39. The summed E-state index contributed by atoms with van der Waals surface area (Å²) in [4.78, 5) is 27.7. The zero-order valence-electron chi connectivity index (χ0n) is 16.3. The van der Waals surface area contributed by atoms with E-state index in [0.717, 1.165) is 30.8 Å². The molecule has 0 radical (unpaired) electrons. The third kappa shape index (κ3) is 4.50. The number of ether oxygens (including phenoxy) is 1. The van der Waals surface area contributed by atoms with Gasteiger partial charge in [0.05, 0.1) is 0 Å². The maximum absolute atomic E-state index is 12.3. The van der Waals surface area contributed by atoms with Gasteiger partial charge in [0.1, 0.15) is 5.60 Å². The van der Waals surface area contributed by atoms with Crippen LogP contribution in [0.2, 0.25) is 0 Å². The third-order valence-electron chi connectivity index (χ3n) is 4.44. The van der Waals surface area contributed by atoms with Gasteiger partial charge in [0.25, 0.3) is 0 Å². The van der Waals surface area contributed by atoms with Gasteiger partial charge in [0.2, 0.25) is 0 Å². The van der Waals surface area contributed by atoms with E-state index < -0.39 is 11.4 Å². The fourth-order valence-electron chi connectivity index (χ4n) is 3.04. The fourth-order valence-corrected chi connectivity index (χ4v) is 3.04. The summed E-state index contributed by atoms with van der Waals surface area (Å²) in [5.74, 6) is 0.0161. The van der Waals surface area contributed by atoms with Crippen molar-refractivity contribution in [1.82, 2.24) is 14.6 Å². The van der Waals surface area contributed by atoms with Crippen molar-refractivity contribution in [2.45, 2.75) is 32.8 Å². The molecule has 27 heavy (non-hydrogen) atoms. The number of aromatic nitrogens is 2. The van der Waals surface area contributed by atoms with E-state index in [1.807, 2.05) is 45.0 Å². The Hall–Kier alpha value is -2.77. The first kappa shape index (κ1) is 19.0. The summed E-state index contributed by atoms with van der Waals surface area (Å²) in [5.41, 5.74) is 1.40. The summed E-state index contributed by atoms with van der Waals surface area (Å²) in [7, 11) is 1.63. The smallest absolute Gasteiger partial charge is 0.441 e. The number of rotatable bonds is 2. The van der Waals surface area contributed by atoms with Crippen LogP contribution < -0.4 is 10.7 Å². The molecule has 8 nitrogen and oxygen atoms in total. The van der Waals surface area contributed by atoms with E-state index in [0.29, 0.717) is 18.9 Å². The Morgan fingerprint density at radius 3 is 2.41 bits per heavy atom. The number of amides is 1. The van der Waals surface area contributed by atoms with E-state index in [1.54, 1.807) is 11.9 Å². The second-order valence-electron chi connectivity index (χ2n) is 7.69. The van der Waals surface area contributed by atoms with Crippen LogP contribution in [-0.4, -0.2) is 52.5 Å². The zero-order valence-corrected chi connectivity index (χ0v) is 16.3. The van der Waals surface area contributed by atoms with E-state index in [4.69, 9.17) is 4.74 Å². The second-order valence-corrected chi connectivity index (χ2v) is 7.69. The molecule has 0 aliphatic carbocycles. The van der Waals surface area contributed by atoms with Crippen molar-refractivity contribution in [3.63, 3.8) is 0 Å². The molecular formula is C19H26N4O4. The van der Waals surface area contributed by atoms with Gasteiger partial charge in [-0.05, 0) is 51.5 Å². The van der Waals surface area contributed by atoms with E-state index in [-0.39, 0.29) is 6.09 Å². The normalized spacial score (nSPS) is 15.6. The Bertz CT molecular complexity index is 848. The molecule has 0 bridgehead atoms. The molecule has 2 heterocycles. The van der Waals surface area contributed by atoms with Crippen LogP contribution in [0.4, 0.5) is 10.5 Å². The molecule has 1 aliphatic heterocycles. The molecule has 146 valence electrons. The minimum absolute atomic E-state index is 0.258. The van der Waals surface area contributed by atoms with E-state index >= 15 is 0 Å². The van der Waals surface area contributed by atoms with Crippen LogP contribution in [0.15, 0.2) is 33.6 Å². The van der Waals surface area contributed by atoms with Crippen molar-refractivity contribution in [1.29, 1.82) is 0 Å². The van der Waals surface area contributed by atoms with Gasteiger partial charge in [0, 0.05) is 44.5 Å². The zero-order chi connectivity index (χ0) is 19.6. The van der Waals surface area contributed by atoms with Gasteiger partial charge in [0.15, 0.2) is 5.82 Å². The highest BCUT2D eigenvalue weighted by Gasteiger charge is 2.24. The molecule has 1 aromatic carbocycles. The number of hydrogen-bond acceptors (Lipinski definition) is 6. The lowest BCUT2D eigenvalue weighted by Gasteiger charge is -2.27. The van der Waals surface area contributed by atoms with Gasteiger partial charge in [-0.25, -0.2) is 9.59 Å². The van der Waals surface area contributed by atoms with Crippen molar-refractivity contribution in [3.8, 4) is 11.4 Å². The van der Waals surface area contributed by atoms with Crippen LogP contribution in [-0.2, 0) is 11.8 Å². The Labute approximate surface area is 158 Å². The Kier molecular flexibility index (Phi) is 5.25. The first-order valence-electron chi connectivity index (χ1n) is 9.10. The van der Waals surface area contributed by atoms with Crippen molar-refractivity contribution in [2.24, 2.45) is 7.05 Å². The predicted octanol–water partition coefficient (Wildman–Crippen LogP) is 2.49. The largest absolute Gasteiger partial charge is 0.444 e. The van der Waals surface area contributed by atoms with Crippen LogP contribution in [0.1, 0.15) is 27.2 Å². The topological polar surface area (TPSA) is 80.8 Å². The molecule has 0 unspecified atom stereocenters. The minimum atomic E-state index is -0.486. The summed E-state index contributed by atoms with van der Waals surface area (Å²) in [6.07, 6.45) is 0.616. The molecule has 1 fully saturated rings. The molecule has 3 rings (SSSR count). The Morgan fingerprint density at radius 2 is 1.81 bits per heavy atom. The summed E-state index contributed by atoms with van der Waals surface area (Å²) in [6.45, 7) is 8.53. The monoisotopic (exact) mass is 374 g/mol. The molecule has 1 aromatic heterocycles. The third-order valence-corrected chi connectivity index (χ3v) is 4.44. The van der Waals surface area contributed by atoms with Crippen molar-refractivity contribution >= 4 is 11.8 Å². The van der Waals surface area contributed by atoms with Gasteiger partial charge < -0.3 is 14.5 Å². The quantitative estimate of drug-likeness (QED) is 0.803. The van der Waals surface area contributed by atoms with Gasteiger partial charge in [-0.1, -0.05) is 5.16 Å². The highest BCUT2D eigenvalue weighted by Crippen LogP contribution is 2.22. The van der Waals surface area contributed by atoms with Crippen molar-refractivity contribution in [3.05, 3.63) is 34.8 Å². The number of anilines is 1. The Balaban J connectivity index is 1.66. The van der Waals surface area contributed by atoms with E-state index in [9.17, 15) is 9.59 Å². The Morgan fingerprint density at radius 1 is 1.11 bits per heavy atom. The molecule has 0 saturated carbocycles. The van der Waals surface area contributed by atoms with E-state index in [2.05, 4.69) is 14.6 Å². The lowest BCUT2D eigenvalue weighted by molar-refractivity contribution is 0.0263. The second kappa shape index (κ2) is 7.46. The van der Waals surface area contributed by atoms with E-state index in [1.165, 1.54) is 4.57 Å². The molecule has 2 aromatic rings. The van der Waals surface area contributed by atoms with Crippen LogP contribution in [0.25, 0.3) is 11.4 Å². The number of benzene rings is 1. The van der Waals surface area contributed by atoms with Gasteiger partial charge in [-0.15, -0.1) is 0 Å². The summed E-state index contributed by atoms with van der Waals surface area (Å²) in [6, 6.07) is 7.83. The first-order chi connectivity index (χ1) is 12.7. The standard InChI is InChI=1S/C19H26N4O4/c1-19(2,3)26-18(25)23-11-5-10-22(12-13-23)15-8-6-14(7-9-15)16-20-27-17(24)21(16)4/h6-9H,5,10-13H2,1-4H3. The highest BCUT2D eigenvalue weighted by molar-refractivity contribution is 5.68. The molecule has 1 saturated heterocycles. The van der Waals surface area contributed by atoms with Gasteiger partial charge in [-0.3, -0.25) is 9.09 Å². The van der Waals surface area contributed by atoms with Crippen LogP contribution >= 0.6 is 0 Å². The predicted molar refractivity (Wildman–Crippen MR) is 102 cm³/mol. The molecule has 0 atom stereocenters.